The highest BCUT2D eigenvalue weighted by molar-refractivity contribution is 5.93. The third kappa shape index (κ3) is 3.06. The zero-order valence-electron chi connectivity index (χ0n) is 12.3. The van der Waals surface area contributed by atoms with Gasteiger partial charge in [0.25, 0.3) is 0 Å². The Labute approximate surface area is 124 Å². The number of hydrogen-bond acceptors (Lipinski definition) is 4. The first-order valence-electron chi connectivity index (χ1n) is 6.70. The highest BCUT2D eigenvalue weighted by Crippen LogP contribution is 2.33. The van der Waals surface area contributed by atoms with Crippen molar-refractivity contribution in [1.29, 1.82) is 0 Å². The molecule has 1 N–H and O–H groups in total. The highest BCUT2D eigenvalue weighted by Gasteiger charge is 2.26. The summed E-state index contributed by atoms with van der Waals surface area (Å²) in [6.07, 6.45) is 1.70. The van der Waals surface area contributed by atoms with Gasteiger partial charge < -0.3 is 9.47 Å². The molecule has 2 aromatic carbocycles. The largest absolute Gasteiger partial charge is 0.496 e. The van der Waals surface area contributed by atoms with Gasteiger partial charge in [-0.05, 0) is 16.8 Å². The standard InChI is InChI=1S/C17H19NO3/c1-4-11-18-16(17(19)21-3)15-13-8-6-5-7-12(13)9-10-14(15)20-2/h4-10,16,18H,1,11H2,2-3H3. The van der Waals surface area contributed by atoms with Crippen LogP contribution in [-0.4, -0.2) is 26.7 Å². The van der Waals surface area contributed by atoms with E-state index in [-0.39, 0.29) is 5.97 Å². The molecule has 0 aliphatic carbocycles. The van der Waals surface area contributed by atoms with Gasteiger partial charge in [0.1, 0.15) is 11.8 Å². The first-order chi connectivity index (χ1) is 10.2. The summed E-state index contributed by atoms with van der Waals surface area (Å²) in [5.74, 6) is 0.298. The molecule has 0 aromatic heterocycles. The SMILES string of the molecule is C=CCNC(C(=O)OC)c1c(OC)ccc2ccccc12. The summed E-state index contributed by atoms with van der Waals surface area (Å²) in [4.78, 5) is 12.2. The number of benzene rings is 2. The number of ether oxygens (including phenoxy) is 2. The van der Waals surface area contributed by atoms with E-state index in [1.165, 1.54) is 7.11 Å². The van der Waals surface area contributed by atoms with Gasteiger partial charge >= 0.3 is 5.97 Å². The molecule has 2 aromatic rings. The van der Waals surface area contributed by atoms with Crippen molar-refractivity contribution >= 4 is 16.7 Å². The van der Waals surface area contributed by atoms with E-state index >= 15 is 0 Å². The van der Waals surface area contributed by atoms with Crippen LogP contribution in [0.2, 0.25) is 0 Å². The number of fused-ring (bicyclic) bond motifs is 1. The number of methoxy groups -OCH3 is 2. The summed E-state index contributed by atoms with van der Waals surface area (Å²) < 4.78 is 10.4. The van der Waals surface area contributed by atoms with Gasteiger partial charge in [-0.25, -0.2) is 4.79 Å². The number of hydrogen-bond donors (Lipinski definition) is 1. The van der Waals surface area contributed by atoms with Crippen molar-refractivity contribution in [2.75, 3.05) is 20.8 Å². The second-order valence-corrected chi connectivity index (χ2v) is 4.56. The normalized spacial score (nSPS) is 11.9. The van der Waals surface area contributed by atoms with Crippen molar-refractivity contribution in [1.82, 2.24) is 5.32 Å². The Morgan fingerprint density at radius 2 is 2.05 bits per heavy atom. The van der Waals surface area contributed by atoms with E-state index in [4.69, 9.17) is 9.47 Å². The van der Waals surface area contributed by atoms with Crippen LogP contribution >= 0.6 is 0 Å². The monoisotopic (exact) mass is 285 g/mol. The van der Waals surface area contributed by atoms with Gasteiger partial charge in [-0.2, -0.15) is 0 Å². The lowest BCUT2D eigenvalue weighted by Crippen LogP contribution is -2.30. The molecule has 1 atom stereocenters. The molecule has 0 spiro atoms. The van der Waals surface area contributed by atoms with Crippen LogP contribution in [0.3, 0.4) is 0 Å². The summed E-state index contributed by atoms with van der Waals surface area (Å²) in [5.41, 5.74) is 0.782. The van der Waals surface area contributed by atoms with Crippen molar-refractivity contribution in [3.05, 3.63) is 54.6 Å². The van der Waals surface area contributed by atoms with Crippen molar-refractivity contribution in [3.8, 4) is 5.75 Å². The predicted octanol–water partition coefficient (Wildman–Crippen LogP) is 2.84. The van der Waals surface area contributed by atoms with Crippen LogP contribution in [0.25, 0.3) is 10.8 Å². The van der Waals surface area contributed by atoms with Gasteiger partial charge in [-0.15, -0.1) is 6.58 Å². The molecule has 4 nitrogen and oxygen atoms in total. The van der Waals surface area contributed by atoms with Crippen LogP contribution in [0, 0.1) is 0 Å². The summed E-state index contributed by atoms with van der Waals surface area (Å²) in [7, 11) is 2.97. The smallest absolute Gasteiger partial charge is 0.327 e. The lowest BCUT2D eigenvalue weighted by molar-refractivity contribution is -0.143. The third-order valence-corrected chi connectivity index (χ3v) is 3.34. The first-order valence-corrected chi connectivity index (χ1v) is 6.70. The molecular weight excluding hydrogens is 266 g/mol. The van der Waals surface area contributed by atoms with E-state index in [9.17, 15) is 4.79 Å². The Hall–Kier alpha value is -2.33. The zero-order chi connectivity index (χ0) is 15.2. The maximum atomic E-state index is 12.2. The molecule has 1 unspecified atom stereocenters. The van der Waals surface area contributed by atoms with E-state index in [1.807, 2.05) is 36.4 Å². The second-order valence-electron chi connectivity index (χ2n) is 4.56. The van der Waals surface area contributed by atoms with Gasteiger partial charge in [0.2, 0.25) is 0 Å². The second kappa shape index (κ2) is 6.90. The van der Waals surface area contributed by atoms with Crippen molar-refractivity contribution < 1.29 is 14.3 Å². The summed E-state index contributed by atoms with van der Waals surface area (Å²) in [6.45, 7) is 4.16. The molecule has 0 fully saturated rings. The lowest BCUT2D eigenvalue weighted by atomic mass is 9.97. The van der Waals surface area contributed by atoms with Crippen molar-refractivity contribution in [2.45, 2.75) is 6.04 Å². The lowest BCUT2D eigenvalue weighted by Gasteiger charge is -2.20. The molecule has 0 heterocycles. The number of carbonyl (C=O) groups excluding carboxylic acids is 1. The van der Waals surface area contributed by atoms with Gasteiger partial charge in [0.05, 0.1) is 14.2 Å². The van der Waals surface area contributed by atoms with Gasteiger partial charge in [-0.1, -0.05) is 36.4 Å². The number of carbonyl (C=O) groups is 1. The maximum absolute atomic E-state index is 12.2. The third-order valence-electron chi connectivity index (χ3n) is 3.34. The summed E-state index contributed by atoms with van der Waals surface area (Å²) >= 11 is 0. The van der Waals surface area contributed by atoms with Crippen LogP contribution in [0.5, 0.6) is 5.75 Å². The fourth-order valence-electron chi connectivity index (χ4n) is 2.37. The highest BCUT2D eigenvalue weighted by atomic mass is 16.5. The van der Waals surface area contributed by atoms with Gasteiger partial charge in [0, 0.05) is 12.1 Å². The van der Waals surface area contributed by atoms with Crippen LogP contribution in [0.4, 0.5) is 0 Å². The van der Waals surface area contributed by atoms with Crippen molar-refractivity contribution in [3.63, 3.8) is 0 Å². The van der Waals surface area contributed by atoms with E-state index in [2.05, 4.69) is 11.9 Å². The molecule has 0 saturated carbocycles. The minimum atomic E-state index is -0.603. The zero-order valence-corrected chi connectivity index (χ0v) is 12.3. The Balaban J connectivity index is 2.63. The molecule has 0 bridgehead atoms. The molecule has 2 rings (SSSR count). The van der Waals surface area contributed by atoms with Crippen LogP contribution < -0.4 is 10.1 Å². The Bertz CT molecular complexity index is 652. The molecule has 0 aliphatic heterocycles. The predicted molar refractivity (Wildman–Crippen MR) is 83.5 cm³/mol. The molecule has 0 amide bonds. The Morgan fingerprint density at radius 1 is 1.29 bits per heavy atom. The fourth-order valence-corrected chi connectivity index (χ4v) is 2.37. The van der Waals surface area contributed by atoms with Crippen molar-refractivity contribution in [2.24, 2.45) is 0 Å². The minimum Gasteiger partial charge on any atom is -0.496 e. The number of nitrogens with one attached hydrogen (secondary N) is 1. The van der Waals surface area contributed by atoms with Crippen LogP contribution in [0.1, 0.15) is 11.6 Å². The van der Waals surface area contributed by atoms with E-state index in [1.54, 1.807) is 13.2 Å². The quantitative estimate of drug-likeness (QED) is 0.655. The van der Waals surface area contributed by atoms with Crippen LogP contribution in [-0.2, 0) is 9.53 Å². The number of rotatable bonds is 6. The molecular formula is C17H19NO3. The summed E-state index contributed by atoms with van der Waals surface area (Å²) in [6, 6.07) is 11.1. The molecule has 21 heavy (non-hydrogen) atoms. The van der Waals surface area contributed by atoms with Gasteiger partial charge in [0.15, 0.2) is 0 Å². The molecule has 0 aliphatic rings. The minimum absolute atomic E-state index is 0.355. The molecule has 4 heteroatoms. The fraction of sp³-hybridized carbons (Fsp3) is 0.235. The first kappa shape index (κ1) is 15.1. The van der Waals surface area contributed by atoms with E-state index < -0.39 is 6.04 Å². The van der Waals surface area contributed by atoms with E-state index in [0.29, 0.717) is 12.3 Å². The summed E-state index contributed by atoms with van der Waals surface area (Å²) in [5, 5.41) is 5.14. The average Bonchev–Trinajstić information content (AvgIpc) is 2.54. The molecule has 110 valence electrons. The maximum Gasteiger partial charge on any atom is 0.327 e. The molecule has 0 saturated heterocycles. The topological polar surface area (TPSA) is 47.6 Å². The Kier molecular flexibility index (Phi) is 4.95. The Morgan fingerprint density at radius 3 is 2.71 bits per heavy atom. The van der Waals surface area contributed by atoms with Gasteiger partial charge in [-0.3, -0.25) is 5.32 Å². The van der Waals surface area contributed by atoms with Crippen LogP contribution in [0.15, 0.2) is 49.1 Å². The van der Waals surface area contributed by atoms with E-state index in [0.717, 1.165) is 16.3 Å². The number of esters is 1. The molecule has 0 radical (unpaired) electrons. The average molecular weight is 285 g/mol.